The Kier molecular flexibility index (Phi) is 6.34. The maximum atomic E-state index is 12.1. The molecule has 0 radical (unpaired) electrons. The van der Waals surface area contributed by atoms with Crippen LogP contribution in [0.1, 0.15) is 51.0 Å². The summed E-state index contributed by atoms with van der Waals surface area (Å²) < 4.78 is 1.21. The van der Waals surface area contributed by atoms with Crippen LogP contribution in [-0.2, 0) is 11.3 Å². The molecule has 2 saturated heterocycles. The summed E-state index contributed by atoms with van der Waals surface area (Å²) in [6, 6.07) is 9.00. The van der Waals surface area contributed by atoms with Crippen molar-refractivity contribution in [1.82, 2.24) is 9.80 Å². The fourth-order valence-corrected chi connectivity index (χ4v) is 4.79. The van der Waals surface area contributed by atoms with Gasteiger partial charge >= 0.3 is 0 Å². The van der Waals surface area contributed by atoms with Crippen molar-refractivity contribution in [3.8, 4) is 0 Å². The Balaban J connectivity index is 1.57. The van der Waals surface area contributed by atoms with Gasteiger partial charge in [0.1, 0.15) is 0 Å². The van der Waals surface area contributed by atoms with E-state index in [-0.39, 0.29) is 5.91 Å². The number of halogens is 1. The third-order valence-electron chi connectivity index (χ3n) is 5.73. The fourth-order valence-electron chi connectivity index (χ4n) is 4.38. The number of amides is 1. The molecule has 24 heavy (non-hydrogen) atoms. The second-order valence-corrected chi connectivity index (χ2v) is 8.19. The molecule has 0 bridgehead atoms. The molecule has 0 spiro atoms. The zero-order valence-electron chi connectivity index (χ0n) is 14.7. The molecule has 1 aromatic carbocycles. The van der Waals surface area contributed by atoms with Gasteiger partial charge in [-0.3, -0.25) is 9.69 Å². The maximum absolute atomic E-state index is 12.1. The molecule has 2 aliphatic rings. The third kappa shape index (κ3) is 4.40. The molecule has 0 saturated carbocycles. The summed E-state index contributed by atoms with van der Waals surface area (Å²) in [6.07, 6.45) is 7.38. The van der Waals surface area contributed by atoms with Crippen LogP contribution in [0.25, 0.3) is 0 Å². The van der Waals surface area contributed by atoms with Gasteiger partial charge in [0.2, 0.25) is 5.91 Å². The van der Waals surface area contributed by atoms with E-state index < -0.39 is 0 Å². The largest absolute Gasteiger partial charge is 0.340 e. The van der Waals surface area contributed by atoms with Crippen LogP contribution in [0, 0.1) is 5.92 Å². The Labute approximate surface area is 154 Å². The molecular weight excluding hydrogens is 364 g/mol. The van der Waals surface area contributed by atoms with Gasteiger partial charge in [0.15, 0.2) is 0 Å². The smallest absolute Gasteiger partial charge is 0.219 e. The van der Waals surface area contributed by atoms with Crippen molar-refractivity contribution in [1.29, 1.82) is 0 Å². The highest BCUT2D eigenvalue weighted by Crippen LogP contribution is 2.31. The molecule has 1 amide bonds. The summed E-state index contributed by atoms with van der Waals surface area (Å²) in [6.45, 7) is 6.04. The highest BCUT2D eigenvalue weighted by atomic mass is 79.9. The van der Waals surface area contributed by atoms with E-state index in [4.69, 9.17) is 0 Å². The lowest BCUT2D eigenvalue weighted by atomic mass is 9.86. The summed E-state index contributed by atoms with van der Waals surface area (Å²) >= 11 is 3.66. The first-order chi connectivity index (χ1) is 11.6. The molecule has 3 nitrogen and oxygen atoms in total. The summed E-state index contributed by atoms with van der Waals surface area (Å²) in [5.41, 5.74) is 1.37. The van der Waals surface area contributed by atoms with Gasteiger partial charge in [0.25, 0.3) is 0 Å². The van der Waals surface area contributed by atoms with E-state index in [1.54, 1.807) is 6.92 Å². The standard InChI is InChI=1S/C20H29BrN2O/c1-16(24)23-12-6-2-3-9-20(23)17-10-13-22(14-11-17)15-18-7-4-5-8-19(18)21/h4-5,7-8,17,20H,2-3,6,9-15H2,1H3/t20-/m1/s1. The predicted octanol–water partition coefficient (Wildman–Crippen LogP) is 4.45. The van der Waals surface area contributed by atoms with Crippen LogP contribution in [-0.4, -0.2) is 41.4 Å². The molecule has 0 unspecified atom stereocenters. The van der Waals surface area contributed by atoms with Crippen molar-refractivity contribution >= 4 is 21.8 Å². The summed E-state index contributed by atoms with van der Waals surface area (Å²) in [5, 5.41) is 0. The third-order valence-corrected chi connectivity index (χ3v) is 6.51. The van der Waals surface area contributed by atoms with Crippen molar-refractivity contribution in [3.05, 3.63) is 34.3 Å². The molecule has 0 aliphatic carbocycles. The maximum Gasteiger partial charge on any atom is 0.219 e. The van der Waals surface area contributed by atoms with Crippen LogP contribution in [0.5, 0.6) is 0 Å². The van der Waals surface area contributed by atoms with Crippen LogP contribution in [0.15, 0.2) is 28.7 Å². The van der Waals surface area contributed by atoms with Crippen molar-refractivity contribution < 1.29 is 4.79 Å². The molecule has 1 aromatic rings. The van der Waals surface area contributed by atoms with Gasteiger partial charge in [-0.1, -0.05) is 47.0 Å². The van der Waals surface area contributed by atoms with E-state index in [1.807, 2.05) is 0 Å². The molecule has 4 heteroatoms. The fraction of sp³-hybridized carbons (Fsp3) is 0.650. The van der Waals surface area contributed by atoms with E-state index in [2.05, 4.69) is 50.0 Å². The average Bonchev–Trinajstić information content (AvgIpc) is 2.84. The number of likely N-dealkylation sites (tertiary alicyclic amines) is 2. The molecule has 2 fully saturated rings. The average molecular weight is 393 g/mol. The lowest BCUT2D eigenvalue weighted by Gasteiger charge is -2.40. The van der Waals surface area contributed by atoms with Gasteiger partial charge < -0.3 is 4.90 Å². The van der Waals surface area contributed by atoms with Crippen LogP contribution < -0.4 is 0 Å². The molecule has 3 rings (SSSR count). The Hall–Kier alpha value is -0.870. The SMILES string of the molecule is CC(=O)N1CCCCC[C@@H]1C1CCN(Cc2ccccc2Br)CC1. The quantitative estimate of drug-likeness (QED) is 0.758. The van der Waals surface area contributed by atoms with Gasteiger partial charge in [-0.2, -0.15) is 0 Å². The first kappa shape index (κ1) is 17.9. The summed E-state index contributed by atoms with van der Waals surface area (Å²) in [4.78, 5) is 16.8. The number of carbonyl (C=O) groups excluding carboxylic acids is 1. The molecular formula is C20H29BrN2O. The van der Waals surface area contributed by atoms with Crippen LogP contribution in [0.4, 0.5) is 0 Å². The lowest BCUT2D eigenvalue weighted by molar-refractivity contribution is -0.132. The minimum Gasteiger partial charge on any atom is -0.340 e. The summed E-state index contributed by atoms with van der Waals surface area (Å²) in [5.74, 6) is 0.958. The Bertz CT molecular complexity index is 554. The molecule has 2 aliphatic heterocycles. The van der Waals surface area contributed by atoms with Gasteiger partial charge in [-0.15, -0.1) is 0 Å². The Morgan fingerprint density at radius 2 is 1.83 bits per heavy atom. The van der Waals surface area contributed by atoms with E-state index >= 15 is 0 Å². The zero-order chi connectivity index (χ0) is 16.9. The topological polar surface area (TPSA) is 23.6 Å². The predicted molar refractivity (Wildman–Crippen MR) is 102 cm³/mol. The van der Waals surface area contributed by atoms with Crippen LogP contribution in [0.3, 0.4) is 0 Å². The van der Waals surface area contributed by atoms with Crippen molar-refractivity contribution in [2.24, 2.45) is 5.92 Å². The number of benzene rings is 1. The van der Waals surface area contributed by atoms with E-state index in [9.17, 15) is 4.79 Å². The molecule has 0 aromatic heterocycles. The number of nitrogens with zero attached hydrogens (tertiary/aromatic N) is 2. The molecule has 2 heterocycles. The second kappa shape index (κ2) is 8.48. The minimum atomic E-state index is 0.276. The van der Waals surface area contributed by atoms with Gasteiger partial charge in [0, 0.05) is 30.5 Å². The highest BCUT2D eigenvalue weighted by Gasteiger charge is 2.32. The van der Waals surface area contributed by atoms with Gasteiger partial charge in [-0.25, -0.2) is 0 Å². The lowest BCUT2D eigenvalue weighted by Crippen LogP contribution is -2.47. The van der Waals surface area contributed by atoms with Crippen molar-refractivity contribution in [2.75, 3.05) is 19.6 Å². The minimum absolute atomic E-state index is 0.276. The van der Waals surface area contributed by atoms with E-state index in [0.29, 0.717) is 12.0 Å². The Morgan fingerprint density at radius 1 is 1.08 bits per heavy atom. The molecule has 1 atom stereocenters. The number of piperidine rings is 1. The number of rotatable bonds is 3. The van der Waals surface area contributed by atoms with Crippen molar-refractivity contribution in [3.63, 3.8) is 0 Å². The van der Waals surface area contributed by atoms with Gasteiger partial charge in [0.05, 0.1) is 0 Å². The number of carbonyl (C=O) groups is 1. The van der Waals surface area contributed by atoms with Crippen LogP contribution >= 0.6 is 15.9 Å². The first-order valence-electron chi connectivity index (χ1n) is 9.38. The number of hydrogen-bond acceptors (Lipinski definition) is 2. The zero-order valence-corrected chi connectivity index (χ0v) is 16.3. The van der Waals surface area contributed by atoms with E-state index in [1.165, 1.54) is 48.6 Å². The van der Waals surface area contributed by atoms with E-state index in [0.717, 1.165) is 26.2 Å². The van der Waals surface area contributed by atoms with Gasteiger partial charge in [-0.05, 0) is 56.3 Å². The first-order valence-corrected chi connectivity index (χ1v) is 10.2. The Morgan fingerprint density at radius 3 is 2.54 bits per heavy atom. The monoisotopic (exact) mass is 392 g/mol. The van der Waals surface area contributed by atoms with Crippen molar-refractivity contribution in [2.45, 2.75) is 58.0 Å². The number of hydrogen-bond donors (Lipinski definition) is 0. The normalized spacial score (nSPS) is 23.9. The molecule has 0 N–H and O–H groups in total. The summed E-state index contributed by atoms with van der Waals surface area (Å²) in [7, 11) is 0. The highest BCUT2D eigenvalue weighted by molar-refractivity contribution is 9.10. The van der Waals surface area contributed by atoms with Crippen LogP contribution in [0.2, 0.25) is 0 Å². The second-order valence-electron chi connectivity index (χ2n) is 7.33. The molecule has 132 valence electrons.